The Balaban J connectivity index is 2.25. The van der Waals surface area contributed by atoms with E-state index >= 15 is 0 Å². The van der Waals surface area contributed by atoms with E-state index in [2.05, 4.69) is 45.0 Å². The van der Waals surface area contributed by atoms with Gasteiger partial charge in [-0.25, -0.2) is 4.79 Å². The first kappa shape index (κ1) is 15.4. The highest BCUT2D eigenvalue weighted by Gasteiger charge is 2.41. The summed E-state index contributed by atoms with van der Waals surface area (Å²) in [4.78, 5) is 11.2. The van der Waals surface area contributed by atoms with E-state index in [1.54, 1.807) is 0 Å². The van der Waals surface area contributed by atoms with Gasteiger partial charge in [0.05, 0.1) is 0 Å². The van der Waals surface area contributed by atoms with Crippen molar-refractivity contribution in [3.05, 3.63) is 35.9 Å². The van der Waals surface area contributed by atoms with Gasteiger partial charge in [-0.15, -0.1) is 0 Å². The molecule has 1 aliphatic rings. The zero-order valence-electron chi connectivity index (χ0n) is 12.4. The van der Waals surface area contributed by atoms with Gasteiger partial charge in [-0.1, -0.05) is 57.5 Å². The maximum absolute atomic E-state index is 11.2. The van der Waals surface area contributed by atoms with E-state index in [0.29, 0.717) is 11.8 Å². The highest BCUT2D eigenvalue weighted by Crippen LogP contribution is 2.43. The zero-order chi connectivity index (χ0) is 14.8. The van der Waals surface area contributed by atoms with Crippen LogP contribution in [-0.4, -0.2) is 11.5 Å². The van der Waals surface area contributed by atoms with Crippen molar-refractivity contribution in [1.29, 1.82) is 0 Å². The predicted molar refractivity (Wildman–Crippen MR) is 82.1 cm³/mol. The largest absolute Gasteiger partial charge is 0.450 e. The molecule has 1 fully saturated rings. The molecule has 1 aromatic rings. The molecule has 0 bridgehead atoms. The molecule has 20 heavy (non-hydrogen) atoms. The van der Waals surface area contributed by atoms with E-state index in [4.69, 9.17) is 16.3 Å². The second-order valence-corrected chi connectivity index (χ2v) is 6.81. The molecule has 1 aromatic carbocycles. The summed E-state index contributed by atoms with van der Waals surface area (Å²) in [5.74, 6) is 0.891. The Morgan fingerprint density at radius 1 is 1.25 bits per heavy atom. The van der Waals surface area contributed by atoms with Crippen molar-refractivity contribution < 1.29 is 9.53 Å². The minimum absolute atomic E-state index is 0.0294. The Morgan fingerprint density at radius 2 is 1.90 bits per heavy atom. The Bertz CT molecular complexity index is 455. The second kappa shape index (κ2) is 6.17. The van der Waals surface area contributed by atoms with Gasteiger partial charge in [0.1, 0.15) is 6.10 Å². The summed E-state index contributed by atoms with van der Waals surface area (Å²) < 4.78 is 5.41. The van der Waals surface area contributed by atoms with Crippen molar-refractivity contribution in [1.82, 2.24) is 0 Å². The molecule has 0 aromatic heterocycles. The standard InChI is InChI=1S/C17H23ClO2/c1-12-9-10-14(15(11-12)20-16(18)19)17(2,3)13-7-5-4-6-8-13/h4-8,12,14-15H,9-11H2,1-3H3. The third-order valence-electron chi connectivity index (χ3n) is 4.74. The SMILES string of the molecule is CC1CCC(C(C)(C)c2ccccc2)C(OC(=O)Cl)C1. The summed E-state index contributed by atoms with van der Waals surface area (Å²) in [6.07, 6.45) is 3.06. The summed E-state index contributed by atoms with van der Waals surface area (Å²) >= 11 is 5.46. The molecular weight excluding hydrogens is 272 g/mol. The molecule has 0 heterocycles. The van der Waals surface area contributed by atoms with Gasteiger partial charge in [0, 0.05) is 17.5 Å². The number of carbonyl (C=O) groups is 1. The quantitative estimate of drug-likeness (QED) is 0.721. The molecule has 2 nitrogen and oxygen atoms in total. The molecule has 0 N–H and O–H groups in total. The molecule has 3 unspecified atom stereocenters. The van der Waals surface area contributed by atoms with Crippen LogP contribution in [0.1, 0.15) is 45.6 Å². The normalized spacial score (nSPS) is 27.1. The lowest BCUT2D eigenvalue weighted by molar-refractivity contribution is 0.00745. The lowest BCUT2D eigenvalue weighted by Gasteiger charge is -2.43. The van der Waals surface area contributed by atoms with Crippen LogP contribution in [0.2, 0.25) is 0 Å². The predicted octanol–water partition coefficient (Wildman–Crippen LogP) is 5.14. The number of hydrogen-bond acceptors (Lipinski definition) is 2. The zero-order valence-corrected chi connectivity index (χ0v) is 13.2. The molecular formula is C17H23ClO2. The summed E-state index contributed by atoms with van der Waals surface area (Å²) in [6, 6.07) is 10.4. The van der Waals surface area contributed by atoms with E-state index in [0.717, 1.165) is 12.8 Å². The van der Waals surface area contributed by atoms with E-state index in [9.17, 15) is 4.79 Å². The van der Waals surface area contributed by atoms with E-state index in [1.165, 1.54) is 12.0 Å². The minimum atomic E-state index is -0.682. The number of hydrogen-bond donors (Lipinski definition) is 0. The minimum Gasteiger partial charge on any atom is -0.450 e. The van der Waals surface area contributed by atoms with Gasteiger partial charge in [-0.2, -0.15) is 0 Å². The number of ether oxygens (including phenoxy) is 1. The molecule has 3 heteroatoms. The molecule has 1 aliphatic carbocycles. The lowest BCUT2D eigenvalue weighted by atomic mass is 9.64. The Morgan fingerprint density at radius 3 is 2.50 bits per heavy atom. The van der Waals surface area contributed by atoms with Crippen molar-refractivity contribution in [2.45, 2.75) is 51.6 Å². The Labute approximate surface area is 126 Å². The maximum atomic E-state index is 11.2. The summed E-state index contributed by atoms with van der Waals surface area (Å²) in [5, 5.41) is 0. The van der Waals surface area contributed by atoms with Gasteiger partial charge in [0.25, 0.3) is 0 Å². The highest BCUT2D eigenvalue weighted by molar-refractivity contribution is 6.61. The fourth-order valence-electron chi connectivity index (χ4n) is 3.49. The number of benzene rings is 1. The van der Waals surface area contributed by atoms with Crippen LogP contribution in [0.4, 0.5) is 4.79 Å². The van der Waals surface area contributed by atoms with Crippen LogP contribution in [0.25, 0.3) is 0 Å². The van der Waals surface area contributed by atoms with Crippen LogP contribution < -0.4 is 0 Å². The average Bonchev–Trinajstić information content (AvgIpc) is 2.39. The van der Waals surface area contributed by atoms with E-state index in [1.807, 2.05) is 6.07 Å². The molecule has 0 amide bonds. The van der Waals surface area contributed by atoms with Crippen molar-refractivity contribution in [3.8, 4) is 0 Å². The molecule has 3 atom stereocenters. The number of halogens is 1. The van der Waals surface area contributed by atoms with Crippen LogP contribution in [0, 0.1) is 11.8 Å². The monoisotopic (exact) mass is 294 g/mol. The summed E-state index contributed by atoms with van der Waals surface area (Å²) in [7, 11) is 0. The van der Waals surface area contributed by atoms with Gasteiger partial charge in [-0.3, -0.25) is 0 Å². The van der Waals surface area contributed by atoms with Crippen molar-refractivity contribution in [3.63, 3.8) is 0 Å². The van der Waals surface area contributed by atoms with Crippen molar-refractivity contribution in [2.75, 3.05) is 0 Å². The molecule has 110 valence electrons. The molecule has 0 saturated heterocycles. The molecule has 0 aliphatic heterocycles. The molecule has 1 saturated carbocycles. The fourth-order valence-corrected chi connectivity index (χ4v) is 3.60. The highest BCUT2D eigenvalue weighted by atomic mass is 35.5. The third kappa shape index (κ3) is 3.35. The van der Waals surface area contributed by atoms with Crippen LogP contribution >= 0.6 is 11.6 Å². The van der Waals surface area contributed by atoms with Crippen LogP contribution in [0.5, 0.6) is 0 Å². The van der Waals surface area contributed by atoms with Gasteiger partial charge in [0.15, 0.2) is 0 Å². The van der Waals surface area contributed by atoms with Crippen LogP contribution in [0.3, 0.4) is 0 Å². The molecule has 0 spiro atoms. The van der Waals surface area contributed by atoms with E-state index < -0.39 is 5.43 Å². The second-order valence-electron chi connectivity index (χ2n) is 6.51. The van der Waals surface area contributed by atoms with Gasteiger partial charge in [-0.05, 0) is 29.7 Å². The summed E-state index contributed by atoms with van der Waals surface area (Å²) in [5.41, 5.74) is 0.575. The third-order valence-corrected chi connectivity index (χ3v) is 4.83. The first-order chi connectivity index (χ1) is 9.41. The molecule has 2 rings (SSSR count). The first-order valence-corrected chi connectivity index (χ1v) is 7.70. The smallest absolute Gasteiger partial charge is 0.404 e. The number of rotatable bonds is 3. The van der Waals surface area contributed by atoms with Gasteiger partial charge in [0.2, 0.25) is 0 Å². The van der Waals surface area contributed by atoms with Crippen LogP contribution in [-0.2, 0) is 10.2 Å². The maximum Gasteiger partial charge on any atom is 0.404 e. The summed E-state index contributed by atoms with van der Waals surface area (Å²) in [6.45, 7) is 6.68. The molecule has 0 radical (unpaired) electrons. The van der Waals surface area contributed by atoms with Gasteiger partial charge >= 0.3 is 5.43 Å². The van der Waals surface area contributed by atoms with E-state index in [-0.39, 0.29) is 11.5 Å². The van der Waals surface area contributed by atoms with Crippen LogP contribution in [0.15, 0.2) is 30.3 Å². The van der Waals surface area contributed by atoms with Gasteiger partial charge < -0.3 is 4.74 Å². The van der Waals surface area contributed by atoms with Crippen molar-refractivity contribution >= 4 is 17.0 Å². The topological polar surface area (TPSA) is 26.3 Å². The first-order valence-electron chi connectivity index (χ1n) is 7.33. The average molecular weight is 295 g/mol. The van der Waals surface area contributed by atoms with Crippen molar-refractivity contribution in [2.24, 2.45) is 11.8 Å². The Hall–Kier alpha value is -1.02. The lowest BCUT2D eigenvalue weighted by Crippen LogP contribution is -2.43. The fraction of sp³-hybridized carbons (Fsp3) is 0.588. The Kier molecular flexibility index (Phi) is 4.74. The number of carbonyl (C=O) groups excluding carboxylic acids is 1.